The Morgan fingerprint density at radius 2 is 1.88 bits per heavy atom. The third-order valence-electron chi connectivity index (χ3n) is 8.85. The zero-order valence-electron chi connectivity index (χ0n) is 27.4. The van der Waals surface area contributed by atoms with E-state index in [1.807, 2.05) is 24.3 Å². The first-order valence-corrected chi connectivity index (χ1v) is 16.9. The number of halogens is 1. The lowest BCUT2D eigenvalue weighted by Crippen LogP contribution is -2.48. The number of carbonyl (C=O) groups is 4. The van der Waals surface area contributed by atoms with Crippen molar-refractivity contribution in [3.8, 4) is 11.4 Å². The molecule has 5 atom stereocenters. The van der Waals surface area contributed by atoms with Crippen molar-refractivity contribution >= 4 is 50.7 Å². The van der Waals surface area contributed by atoms with Crippen molar-refractivity contribution in [3.63, 3.8) is 0 Å². The quantitative estimate of drug-likeness (QED) is 0.0995. The molecule has 14 heteroatoms. The number of cyclic esters (lactones) is 1. The summed E-state index contributed by atoms with van der Waals surface area (Å²) in [4.78, 5) is 67.8. The van der Waals surface area contributed by atoms with Crippen LogP contribution in [0.4, 0.5) is 0 Å². The fraction of sp³-hybridized carbons (Fsp3) is 0.429. The molecule has 0 spiro atoms. The van der Waals surface area contributed by atoms with Gasteiger partial charge in [-0.3, -0.25) is 19.2 Å². The number of hydrogen-bond acceptors (Lipinski definition) is 12. The Hall–Kier alpha value is -4.40. The third kappa shape index (κ3) is 6.40. The first kappa shape index (κ1) is 34.5. The topological polar surface area (TPSA) is 159 Å². The Kier molecular flexibility index (Phi) is 9.74. The van der Waals surface area contributed by atoms with Gasteiger partial charge >= 0.3 is 23.9 Å². The molecule has 5 heterocycles. The predicted octanol–water partition coefficient (Wildman–Crippen LogP) is 4.10. The van der Waals surface area contributed by atoms with E-state index >= 15 is 0 Å². The highest BCUT2D eigenvalue weighted by Crippen LogP contribution is 2.42. The lowest BCUT2D eigenvalue weighted by molar-refractivity contribution is -0.200. The van der Waals surface area contributed by atoms with Crippen LogP contribution in [0.3, 0.4) is 0 Å². The lowest BCUT2D eigenvalue weighted by Gasteiger charge is -2.36. The number of benzene rings is 1. The highest BCUT2D eigenvalue weighted by atomic mass is 79.9. The molecular weight excluding hydrogens is 704 g/mol. The van der Waals surface area contributed by atoms with E-state index in [0.29, 0.717) is 23.3 Å². The maximum atomic E-state index is 14.1. The maximum Gasteiger partial charge on any atom is 0.355 e. The maximum absolute atomic E-state index is 14.1. The SMILES string of the molecule is CCC(Br)C(=O)O[C@]1(CC)C(=O)OCc2c1cc1n(c2=O)Cc2c-1nc1ccccc1c2COC1C=C[C@H](OC(C)=O)[C@@H](COC(C)=O)O1. The fourth-order valence-electron chi connectivity index (χ4n) is 6.36. The monoisotopic (exact) mass is 738 g/mol. The van der Waals surface area contributed by atoms with Crippen LogP contribution >= 0.6 is 15.9 Å². The second-order valence-electron chi connectivity index (χ2n) is 11.9. The van der Waals surface area contributed by atoms with Gasteiger partial charge in [0.05, 0.1) is 35.6 Å². The number of hydrogen-bond donors (Lipinski definition) is 0. The Labute approximate surface area is 289 Å². The van der Waals surface area contributed by atoms with Gasteiger partial charge in [-0.05, 0) is 42.7 Å². The lowest BCUT2D eigenvalue weighted by atomic mass is 9.85. The Morgan fingerprint density at radius 1 is 1.10 bits per heavy atom. The minimum absolute atomic E-state index is 0.0447. The zero-order valence-corrected chi connectivity index (χ0v) is 28.9. The average Bonchev–Trinajstić information content (AvgIpc) is 3.45. The molecule has 3 aliphatic heterocycles. The van der Waals surface area contributed by atoms with Gasteiger partial charge in [0, 0.05) is 30.4 Å². The van der Waals surface area contributed by atoms with Crippen LogP contribution in [0.15, 0.2) is 47.3 Å². The summed E-state index contributed by atoms with van der Waals surface area (Å²) in [7, 11) is 0. The van der Waals surface area contributed by atoms with Gasteiger partial charge in [-0.1, -0.05) is 48.0 Å². The van der Waals surface area contributed by atoms with Crippen molar-refractivity contribution in [3.05, 3.63) is 75.1 Å². The highest BCUT2D eigenvalue weighted by Gasteiger charge is 2.51. The van der Waals surface area contributed by atoms with Crippen molar-refractivity contribution < 1.29 is 47.6 Å². The molecule has 2 aromatic heterocycles. The molecule has 0 fully saturated rings. The first-order chi connectivity index (χ1) is 23.5. The van der Waals surface area contributed by atoms with Gasteiger partial charge < -0.3 is 33.0 Å². The van der Waals surface area contributed by atoms with Crippen molar-refractivity contribution in [2.45, 2.75) is 89.2 Å². The molecule has 1 aromatic carbocycles. The van der Waals surface area contributed by atoms with E-state index in [1.165, 1.54) is 13.8 Å². The summed E-state index contributed by atoms with van der Waals surface area (Å²) in [6.45, 7) is 5.86. The summed E-state index contributed by atoms with van der Waals surface area (Å²) in [5, 5.41) is 0.805. The van der Waals surface area contributed by atoms with E-state index in [2.05, 4.69) is 15.9 Å². The van der Waals surface area contributed by atoms with Gasteiger partial charge in [-0.2, -0.15) is 0 Å². The number of ether oxygens (including phenoxy) is 6. The van der Waals surface area contributed by atoms with Crippen LogP contribution in [0.25, 0.3) is 22.3 Å². The van der Waals surface area contributed by atoms with E-state index in [-0.39, 0.29) is 49.5 Å². The van der Waals surface area contributed by atoms with E-state index < -0.39 is 52.8 Å². The van der Waals surface area contributed by atoms with Crippen molar-refractivity contribution in [2.75, 3.05) is 6.61 Å². The molecule has 0 aliphatic carbocycles. The van der Waals surface area contributed by atoms with Gasteiger partial charge in [0.1, 0.15) is 30.2 Å². The van der Waals surface area contributed by atoms with Gasteiger partial charge in [0.15, 0.2) is 6.29 Å². The molecule has 0 saturated heterocycles. The average molecular weight is 740 g/mol. The molecule has 13 nitrogen and oxygen atoms in total. The fourth-order valence-corrected chi connectivity index (χ4v) is 6.45. The molecule has 0 amide bonds. The third-order valence-corrected chi connectivity index (χ3v) is 9.87. The van der Waals surface area contributed by atoms with Crippen LogP contribution in [0.1, 0.15) is 62.8 Å². The summed E-state index contributed by atoms with van der Waals surface area (Å²) in [6.07, 6.45) is 1.29. The van der Waals surface area contributed by atoms with Gasteiger partial charge in [0.25, 0.3) is 5.56 Å². The largest absolute Gasteiger partial charge is 0.463 e. The van der Waals surface area contributed by atoms with Crippen LogP contribution in [0.2, 0.25) is 0 Å². The molecule has 3 aliphatic rings. The number of para-hydroxylation sites is 1. The number of pyridine rings is 2. The van der Waals surface area contributed by atoms with E-state index in [0.717, 1.165) is 16.5 Å². The van der Waals surface area contributed by atoms with Crippen LogP contribution < -0.4 is 5.56 Å². The van der Waals surface area contributed by atoms with E-state index in [9.17, 15) is 24.0 Å². The summed E-state index contributed by atoms with van der Waals surface area (Å²) in [5.41, 5.74) is 1.50. The Bertz CT molecular complexity index is 1940. The van der Waals surface area contributed by atoms with Crippen LogP contribution in [-0.4, -0.2) is 63.4 Å². The van der Waals surface area contributed by atoms with Crippen molar-refractivity contribution in [1.82, 2.24) is 9.55 Å². The molecule has 0 saturated carbocycles. The molecular formula is C35H35BrN2O11. The van der Waals surface area contributed by atoms with Gasteiger partial charge in [-0.15, -0.1) is 0 Å². The van der Waals surface area contributed by atoms with E-state index in [4.69, 9.17) is 33.4 Å². The molecule has 258 valence electrons. The van der Waals surface area contributed by atoms with Crippen LogP contribution in [0.5, 0.6) is 0 Å². The number of alkyl halides is 1. The molecule has 0 radical (unpaired) electrons. The standard InChI is InChI=1S/C35H35BrN2O11/c1-5-25(36)33(42)49-35(6-2)24-13-27-31-21(14-38(27)32(41)23(24)16-46-34(35)43)22(20-9-7-8-10-26(20)37-31)15-45-30-12-11-28(47-19(4)40)29(48-30)17-44-18(3)39/h7-13,25,28-30H,5-6,14-17H2,1-4H3/t25?,28-,29+,30?,35-/m0/s1. The summed E-state index contributed by atoms with van der Waals surface area (Å²) >= 11 is 3.30. The number of esters is 4. The molecule has 0 bridgehead atoms. The Morgan fingerprint density at radius 3 is 2.59 bits per heavy atom. The second-order valence-corrected chi connectivity index (χ2v) is 13.0. The minimum atomic E-state index is -1.80. The molecule has 3 aromatic rings. The first-order valence-electron chi connectivity index (χ1n) is 16.0. The smallest absolute Gasteiger partial charge is 0.355 e. The van der Waals surface area contributed by atoms with E-state index in [1.54, 1.807) is 36.6 Å². The Balaban J connectivity index is 1.38. The number of fused-ring (bicyclic) bond motifs is 5. The normalized spacial score (nSPS) is 22.8. The molecule has 2 unspecified atom stereocenters. The van der Waals surface area contributed by atoms with Crippen molar-refractivity contribution in [1.29, 1.82) is 0 Å². The minimum Gasteiger partial charge on any atom is -0.463 e. The number of nitrogens with zero attached hydrogens (tertiary/aromatic N) is 2. The van der Waals surface area contributed by atoms with Gasteiger partial charge in [-0.25, -0.2) is 9.78 Å². The predicted molar refractivity (Wildman–Crippen MR) is 176 cm³/mol. The number of aromatic nitrogens is 2. The van der Waals surface area contributed by atoms with Gasteiger partial charge in [0.2, 0.25) is 5.60 Å². The van der Waals surface area contributed by atoms with Crippen LogP contribution in [-0.2, 0) is 73.0 Å². The molecule has 6 rings (SSSR count). The summed E-state index contributed by atoms with van der Waals surface area (Å²) in [6, 6.07) is 9.20. The van der Waals surface area contributed by atoms with Crippen LogP contribution in [0, 0.1) is 0 Å². The highest BCUT2D eigenvalue weighted by molar-refractivity contribution is 9.10. The number of rotatable bonds is 10. The summed E-state index contributed by atoms with van der Waals surface area (Å²) < 4.78 is 35.6. The molecule has 49 heavy (non-hydrogen) atoms. The second kappa shape index (κ2) is 13.8. The molecule has 0 N–H and O–H groups in total. The van der Waals surface area contributed by atoms with Crippen molar-refractivity contribution in [2.24, 2.45) is 0 Å². The summed E-state index contributed by atoms with van der Waals surface area (Å²) in [5.74, 6) is -2.39. The zero-order chi connectivity index (χ0) is 35.0. The number of carbonyl (C=O) groups excluding carboxylic acids is 4.